The third-order valence-corrected chi connectivity index (χ3v) is 3.74. The minimum atomic E-state index is 0.630. The van der Waals surface area contributed by atoms with Gasteiger partial charge in [-0.15, -0.1) is 0 Å². The summed E-state index contributed by atoms with van der Waals surface area (Å²) in [5.74, 6) is 3.59. The average molecular weight is 211 g/mol. The summed E-state index contributed by atoms with van der Waals surface area (Å²) in [6.45, 7) is 2.08. The van der Waals surface area contributed by atoms with Gasteiger partial charge in [-0.3, -0.25) is 4.68 Å². The summed E-state index contributed by atoms with van der Waals surface area (Å²) in [6.07, 6.45) is 2.53. The first-order chi connectivity index (χ1) is 6.75. The normalized spacial score (nSPS) is 18.4. The third-order valence-electron chi connectivity index (χ3n) is 2.69. The van der Waals surface area contributed by atoms with Crippen molar-refractivity contribution in [1.82, 2.24) is 9.78 Å². The smallest absolute Gasteiger partial charge is 0.148 e. The van der Waals surface area contributed by atoms with Gasteiger partial charge in [0.25, 0.3) is 0 Å². The molecule has 1 aromatic heterocycles. The Morgan fingerprint density at radius 2 is 2.21 bits per heavy atom. The van der Waals surface area contributed by atoms with E-state index in [-0.39, 0.29) is 0 Å². The lowest BCUT2D eigenvalue weighted by atomic mass is 10.1. The van der Waals surface area contributed by atoms with Gasteiger partial charge in [-0.05, 0) is 31.3 Å². The quantitative estimate of drug-likeness (QED) is 0.812. The van der Waals surface area contributed by atoms with E-state index in [1.165, 1.54) is 30.0 Å². The van der Waals surface area contributed by atoms with Crippen molar-refractivity contribution in [2.75, 3.05) is 16.8 Å². The first kappa shape index (κ1) is 9.90. The van der Waals surface area contributed by atoms with Gasteiger partial charge in [-0.1, -0.05) is 0 Å². The van der Waals surface area contributed by atoms with Gasteiger partial charge < -0.3 is 5.32 Å². The molecule has 0 atom stereocenters. The van der Waals surface area contributed by atoms with Crippen LogP contribution in [0.5, 0.6) is 0 Å². The van der Waals surface area contributed by atoms with E-state index in [1.807, 2.05) is 11.7 Å². The zero-order valence-corrected chi connectivity index (χ0v) is 9.60. The van der Waals surface area contributed by atoms with Gasteiger partial charge in [0.05, 0.1) is 0 Å². The predicted molar refractivity (Wildman–Crippen MR) is 61.9 cm³/mol. The second kappa shape index (κ2) is 4.26. The zero-order chi connectivity index (χ0) is 9.97. The van der Waals surface area contributed by atoms with Crippen molar-refractivity contribution in [1.29, 1.82) is 0 Å². The van der Waals surface area contributed by atoms with E-state index in [0.29, 0.717) is 6.04 Å². The summed E-state index contributed by atoms with van der Waals surface area (Å²) >= 11 is 2.05. The highest BCUT2D eigenvalue weighted by atomic mass is 32.2. The lowest BCUT2D eigenvalue weighted by Gasteiger charge is -2.22. The molecule has 2 heterocycles. The van der Waals surface area contributed by atoms with E-state index in [1.54, 1.807) is 0 Å². The molecule has 1 fully saturated rings. The molecule has 1 N–H and O–H groups in total. The molecule has 1 aliphatic rings. The maximum Gasteiger partial charge on any atom is 0.148 e. The van der Waals surface area contributed by atoms with E-state index >= 15 is 0 Å². The van der Waals surface area contributed by atoms with Crippen molar-refractivity contribution in [3.63, 3.8) is 0 Å². The van der Waals surface area contributed by atoms with Crippen LogP contribution in [-0.4, -0.2) is 27.3 Å². The van der Waals surface area contributed by atoms with Gasteiger partial charge in [0, 0.05) is 24.8 Å². The Morgan fingerprint density at radius 3 is 2.79 bits per heavy atom. The van der Waals surface area contributed by atoms with E-state index in [0.717, 1.165) is 5.82 Å². The molecule has 0 saturated carbocycles. The van der Waals surface area contributed by atoms with Crippen molar-refractivity contribution in [3.05, 3.63) is 11.8 Å². The van der Waals surface area contributed by atoms with Crippen molar-refractivity contribution >= 4 is 17.6 Å². The van der Waals surface area contributed by atoms with Crippen molar-refractivity contribution in [2.45, 2.75) is 25.8 Å². The second-order valence-corrected chi connectivity index (χ2v) is 5.05. The van der Waals surface area contributed by atoms with Crippen LogP contribution in [0, 0.1) is 6.92 Å². The van der Waals surface area contributed by atoms with Gasteiger partial charge in [-0.25, -0.2) is 0 Å². The second-order valence-electron chi connectivity index (χ2n) is 3.83. The van der Waals surface area contributed by atoms with Crippen molar-refractivity contribution in [2.24, 2.45) is 7.05 Å². The number of nitrogens with one attached hydrogen (secondary N) is 1. The first-order valence-electron chi connectivity index (χ1n) is 5.10. The minimum Gasteiger partial charge on any atom is -0.366 e. The summed E-state index contributed by atoms with van der Waals surface area (Å²) in [7, 11) is 1.98. The number of aromatic nitrogens is 2. The molecule has 0 radical (unpaired) electrons. The SMILES string of the molecule is Cc1cc(NC2CCSCC2)nn1C. The highest BCUT2D eigenvalue weighted by molar-refractivity contribution is 7.99. The molecule has 2 rings (SSSR count). The fourth-order valence-electron chi connectivity index (χ4n) is 1.68. The Hall–Kier alpha value is -0.640. The molecule has 0 aliphatic carbocycles. The third kappa shape index (κ3) is 2.23. The highest BCUT2D eigenvalue weighted by Gasteiger charge is 2.14. The summed E-state index contributed by atoms with van der Waals surface area (Å²) in [5, 5.41) is 7.90. The van der Waals surface area contributed by atoms with Gasteiger partial charge >= 0.3 is 0 Å². The lowest BCUT2D eigenvalue weighted by molar-refractivity contribution is 0.657. The van der Waals surface area contributed by atoms with E-state index < -0.39 is 0 Å². The predicted octanol–water partition coefficient (Wildman–Crippen LogP) is 2.04. The van der Waals surface area contributed by atoms with Crippen molar-refractivity contribution in [3.8, 4) is 0 Å². The fraction of sp³-hybridized carbons (Fsp3) is 0.700. The Labute approximate surface area is 89.3 Å². The number of rotatable bonds is 2. The number of aryl methyl sites for hydroxylation is 2. The molecule has 3 nitrogen and oxygen atoms in total. The number of hydrogen-bond donors (Lipinski definition) is 1. The van der Waals surface area contributed by atoms with E-state index in [9.17, 15) is 0 Å². The van der Waals surface area contributed by atoms with Crippen LogP contribution in [0.1, 0.15) is 18.5 Å². The molecule has 1 aromatic rings. The van der Waals surface area contributed by atoms with Crippen LogP contribution < -0.4 is 5.32 Å². The molecule has 0 amide bonds. The number of thioether (sulfide) groups is 1. The highest BCUT2D eigenvalue weighted by Crippen LogP contribution is 2.20. The Balaban J connectivity index is 1.95. The molecule has 14 heavy (non-hydrogen) atoms. The summed E-state index contributed by atoms with van der Waals surface area (Å²) in [6, 6.07) is 2.74. The Kier molecular flexibility index (Phi) is 3.01. The van der Waals surface area contributed by atoms with Crippen LogP contribution in [0.25, 0.3) is 0 Å². The molecule has 0 spiro atoms. The van der Waals surface area contributed by atoms with Gasteiger partial charge in [-0.2, -0.15) is 16.9 Å². The average Bonchev–Trinajstić information content (AvgIpc) is 2.47. The van der Waals surface area contributed by atoms with Crippen molar-refractivity contribution < 1.29 is 0 Å². The summed E-state index contributed by atoms with van der Waals surface area (Å²) in [5.41, 5.74) is 1.21. The topological polar surface area (TPSA) is 29.9 Å². The minimum absolute atomic E-state index is 0.630. The molecular weight excluding hydrogens is 194 g/mol. The van der Waals surface area contributed by atoms with E-state index in [2.05, 4.69) is 35.2 Å². The maximum absolute atomic E-state index is 4.40. The Bertz CT molecular complexity index is 283. The van der Waals surface area contributed by atoms with Crippen LogP contribution >= 0.6 is 11.8 Å². The fourth-order valence-corrected chi connectivity index (χ4v) is 2.79. The maximum atomic E-state index is 4.40. The molecule has 0 aromatic carbocycles. The summed E-state index contributed by atoms with van der Waals surface area (Å²) < 4.78 is 1.92. The van der Waals surface area contributed by atoms with Crippen LogP contribution in [0.15, 0.2) is 6.07 Å². The molecule has 0 bridgehead atoms. The van der Waals surface area contributed by atoms with Crippen LogP contribution in [-0.2, 0) is 7.05 Å². The summed E-state index contributed by atoms with van der Waals surface area (Å²) in [4.78, 5) is 0. The van der Waals surface area contributed by atoms with E-state index in [4.69, 9.17) is 0 Å². The first-order valence-corrected chi connectivity index (χ1v) is 6.26. The molecule has 78 valence electrons. The largest absolute Gasteiger partial charge is 0.366 e. The molecular formula is C10H17N3S. The molecule has 0 unspecified atom stereocenters. The van der Waals surface area contributed by atoms with Crippen LogP contribution in [0.4, 0.5) is 5.82 Å². The lowest BCUT2D eigenvalue weighted by Crippen LogP contribution is -2.24. The number of nitrogens with zero attached hydrogens (tertiary/aromatic N) is 2. The van der Waals surface area contributed by atoms with Crippen LogP contribution in [0.2, 0.25) is 0 Å². The van der Waals surface area contributed by atoms with Gasteiger partial charge in [0.2, 0.25) is 0 Å². The molecule has 1 saturated heterocycles. The van der Waals surface area contributed by atoms with Crippen LogP contribution in [0.3, 0.4) is 0 Å². The zero-order valence-electron chi connectivity index (χ0n) is 8.79. The molecule has 4 heteroatoms. The monoisotopic (exact) mass is 211 g/mol. The van der Waals surface area contributed by atoms with Gasteiger partial charge in [0.15, 0.2) is 0 Å². The Morgan fingerprint density at radius 1 is 1.50 bits per heavy atom. The standard InChI is InChI=1S/C10H17N3S/c1-8-7-10(12-13(8)2)11-9-3-5-14-6-4-9/h7,9H,3-6H2,1-2H3,(H,11,12). The number of hydrogen-bond acceptors (Lipinski definition) is 3. The van der Waals surface area contributed by atoms with Gasteiger partial charge in [0.1, 0.15) is 5.82 Å². The number of anilines is 1. The molecule has 1 aliphatic heterocycles.